The first kappa shape index (κ1) is 15.8. The average molecular weight is 333 g/mol. The quantitative estimate of drug-likeness (QED) is 0.917. The molecule has 1 N–H and O–H groups in total. The Bertz CT molecular complexity index is 677. The molecule has 0 aliphatic carbocycles. The fourth-order valence-corrected chi connectivity index (χ4v) is 3.11. The van der Waals surface area contributed by atoms with Gasteiger partial charge in [0.25, 0.3) is 0 Å². The summed E-state index contributed by atoms with van der Waals surface area (Å²) >= 11 is 1.45. The van der Waals surface area contributed by atoms with Crippen LogP contribution in [-0.4, -0.2) is 52.1 Å². The van der Waals surface area contributed by atoms with Crippen LogP contribution in [0.15, 0.2) is 11.4 Å². The highest BCUT2D eigenvalue weighted by Gasteiger charge is 2.18. The maximum absolute atomic E-state index is 12.2. The number of nitrogens with zero attached hydrogens (tertiary/aromatic N) is 4. The maximum Gasteiger partial charge on any atom is 0.229 e. The number of ether oxygens (including phenoxy) is 1. The first-order valence-electron chi connectivity index (χ1n) is 7.49. The maximum atomic E-state index is 12.2. The van der Waals surface area contributed by atoms with Crippen LogP contribution < -0.4 is 5.32 Å². The van der Waals surface area contributed by atoms with Gasteiger partial charge in [-0.15, -0.1) is 11.3 Å². The third kappa shape index (κ3) is 4.23. The van der Waals surface area contributed by atoms with Gasteiger partial charge in [-0.1, -0.05) is 0 Å². The zero-order valence-corrected chi connectivity index (χ0v) is 14.0. The minimum absolute atomic E-state index is 0.0906. The molecule has 0 radical (unpaired) electrons. The number of rotatable bonds is 4. The SMILES string of the molecule is Cc1cc(C)nc(Nc2nc(CC(=O)N3CCOCC3)cs2)n1. The highest BCUT2D eigenvalue weighted by atomic mass is 32.1. The van der Waals surface area contributed by atoms with Gasteiger partial charge in [-0.05, 0) is 19.9 Å². The second-order valence-corrected chi connectivity index (χ2v) is 6.27. The fraction of sp³-hybridized carbons (Fsp3) is 0.467. The summed E-state index contributed by atoms with van der Waals surface area (Å²) in [5.74, 6) is 0.621. The number of carbonyl (C=O) groups excluding carboxylic acids is 1. The molecule has 1 amide bonds. The zero-order chi connectivity index (χ0) is 16.2. The van der Waals surface area contributed by atoms with E-state index in [9.17, 15) is 4.79 Å². The van der Waals surface area contributed by atoms with E-state index in [1.807, 2.05) is 30.2 Å². The third-order valence-corrected chi connectivity index (χ3v) is 4.26. The van der Waals surface area contributed by atoms with Crippen molar-refractivity contribution in [3.63, 3.8) is 0 Å². The Kier molecular flexibility index (Phi) is 4.82. The van der Waals surface area contributed by atoms with Crippen molar-refractivity contribution in [1.82, 2.24) is 19.9 Å². The number of hydrogen-bond donors (Lipinski definition) is 1. The molecule has 1 fully saturated rings. The molecule has 2 aromatic rings. The average Bonchev–Trinajstić information content (AvgIpc) is 2.94. The third-order valence-electron chi connectivity index (χ3n) is 3.45. The number of anilines is 2. The highest BCUT2D eigenvalue weighted by molar-refractivity contribution is 7.13. The highest BCUT2D eigenvalue weighted by Crippen LogP contribution is 2.20. The lowest BCUT2D eigenvalue weighted by atomic mass is 10.3. The van der Waals surface area contributed by atoms with Crippen LogP contribution in [0.4, 0.5) is 11.1 Å². The fourth-order valence-electron chi connectivity index (χ4n) is 2.40. The van der Waals surface area contributed by atoms with Gasteiger partial charge >= 0.3 is 0 Å². The largest absolute Gasteiger partial charge is 0.378 e. The van der Waals surface area contributed by atoms with Gasteiger partial charge in [-0.2, -0.15) is 0 Å². The van der Waals surface area contributed by atoms with Gasteiger partial charge in [0.05, 0.1) is 25.3 Å². The molecule has 1 aliphatic heterocycles. The molecule has 23 heavy (non-hydrogen) atoms. The van der Waals surface area contributed by atoms with E-state index in [2.05, 4.69) is 20.3 Å². The molecule has 7 nitrogen and oxygen atoms in total. The van der Waals surface area contributed by atoms with Gasteiger partial charge in [0.1, 0.15) is 0 Å². The molecule has 2 aromatic heterocycles. The molecule has 0 bridgehead atoms. The Labute approximate surface area is 138 Å². The first-order valence-corrected chi connectivity index (χ1v) is 8.37. The normalized spacial score (nSPS) is 14.8. The second-order valence-electron chi connectivity index (χ2n) is 5.41. The minimum Gasteiger partial charge on any atom is -0.378 e. The predicted molar refractivity (Wildman–Crippen MR) is 88.0 cm³/mol. The molecule has 0 spiro atoms. The summed E-state index contributed by atoms with van der Waals surface area (Å²) < 4.78 is 5.26. The summed E-state index contributed by atoms with van der Waals surface area (Å²) in [5, 5.41) is 5.69. The number of amides is 1. The summed E-state index contributed by atoms with van der Waals surface area (Å²) in [6, 6.07) is 1.92. The Morgan fingerprint density at radius 1 is 1.26 bits per heavy atom. The van der Waals surface area contributed by atoms with E-state index in [0.717, 1.165) is 17.1 Å². The van der Waals surface area contributed by atoms with E-state index in [-0.39, 0.29) is 5.91 Å². The van der Waals surface area contributed by atoms with Crippen molar-refractivity contribution in [3.05, 3.63) is 28.5 Å². The van der Waals surface area contributed by atoms with Crippen molar-refractivity contribution in [2.75, 3.05) is 31.6 Å². The van der Waals surface area contributed by atoms with Gasteiger partial charge in [-0.25, -0.2) is 15.0 Å². The molecule has 0 aromatic carbocycles. The minimum atomic E-state index is 0.0906. The monoisotopic (exact) mass is 333 g/mol. The van der Waals surface area contributed by atoms with Crippen molar-refractivity contribution in [1.29, 1.82) is 0 Å². The molecular weight excluding hydrogens is 314 g/mol. The van der Waals surface area contributed by atoms with Crippen LogP contribution in [0.1, 0.15) is 17.1 Å². The van der Waals surface area contributed by atoms with Gasteiger partial charge in [0.15, 0.2) is 5.13 Å². The van der Waals surface area contributed by atoms with Crippen LogP contribution >= 0.6 is 11.3 Å². The summed E-state index contributed by atoms with van der Waals surface area (Å²) in [6.45, 7) is 6.39. The number of carbonyl (C=O) groups is 1. The molecular formula is C15H19N5O2S. The zero-order valence-electron chi connectivity index (χ0n) is 13.2. The Morgan fingerprint density at radius 3 is 2.65 bits per heavy atom. The number of morpholine rings is 1. The number of nitrogens with one attached hydrogen (secondary N) is 1. The lowest BCUT2D eigenvalue weighted by molar-refractivity contribution is -0.134. The van der Waals surface area contributed by atoms with Crippen LogP contribution in [0.2, 0.25) is 0 Å². The molecule has 8 heteroatoms. The molecule has 3 rings (SSSR count). The van der Waals surface area contributed by atoms with E-state index in [1.54, 1.807) is 0 Å². The second kappa shape index (κ2) is 7.01. The Balaban J connectivity index is 1.62. The topological polar surface area (TPSA) is 80.2 Å². The number of aryl methyl sites for hydroxylation is 2. The Hall–Kier alpha value is -2.06. The molecule has 0 unspecified atom stereocenters. The number of thiazole rings is 1. The summed E-state index contributed by atoms with van der Waals surface area (Å²) in [4.78, 5) is 27.1. The molecule has 0 atom stereocenters. The van der Waals surface area contributed by atoms with Crippen molar-refractivity contribution >= 4 is 28.3 Å². The molecule has 122 valence electrons. The van der Waals surface area contributed by atoms with Gasteiger partial charge < -0.3 is 15.0 Å². The van der Waals surface area contributed by atoms with Crippen LogP contribution in [0.25, 0.3) is 0 Å². The van der Waals surface area contributed by atoms with E-state index >= 15 is 0 Å². The first-order chi connectivity index (χ1) is 11.1. The van der Waals surface area contributed by atoms with Crippen molar-refractivity contribution in [3.8, 4) is 0 Å². The van der Waals surface area contributed by atoms with Crippen molar-refractivity contribution < 1.29 is 9.53 Å². The summed E-state index contributed by atoms with van der Waals surface area (Å²) in [7, 11) is 0. The van der Waals surface area contributed by atoms with Gasteiger partial charge in [-0.3, -0.25) is 4.79 Å². The van der Waals surface area contributed by atoms with Crippen molar-refractivity contribution in [2.24, 2.45) is 0 Å². The Morgan fingerprint density at radius 2 is 1.96 bits per heavy atom. The molecule has 3 heterocycles. The van der Waals surface area contributed by atoms with E-state index < -0.39 is 0 Å². The smallest absolute Gasteiger partial charge is 0.229 e. The standard InChI is InChI=1S/C15H19N5O2S/c1-10-7-11(2)17-14(16-10)19-15-18-12(9-23-15)8-13(21)20-3-5-22-6-4-20/h7,9H,3-6,8H2,1-2H3,(H,16,17,18,19). The van der Waals surface area contributed by atoms with Gasteiger partial charge in [0, 0.05) is 29.9 Å². The molecule has 1 aliphatic rings. The van der Waals surface area contributed by atoms with Crippen LogP contribution in [0.3, 0.4) is 0 Å². The van der Waals surface area contributed by atoms with E-state index in [1.165, 1.54) is 11.3 Å². The van der Waals surface area contributed by atoms with Crippen LogP contribution in [0.5, 0.6) is 0 Å². The van der Waals surface area contributed by atoms with Crippen LogP contribution in [0, 0.1) is 13.8 Å². The van der Waals surface area contributed by atoms with Crippen LogP contribution in [-0.2, 0) is 16.0 Å². The number of aromatic nitrogens is 3. The number of hydrogen-bond acceptors (Lipinski definition) is 7. The lowest BCUT2D eigenvalue weighted by Crippen LogP contribution is -2.41. The van der Waals surface area contributed by atoms with Crippen molar-refractivity contribution in [2.45, 2.75) is 20.3 Å². The van der Waals surface area contributed by atoms with E-state index in [4.69, 9.17) is 4.74 Å². The lowest BCUT2D eigenvalue weighted by Gasteiger charge is -2.26. The molecule has 0 saturated carbocycles. The summed E-state index contributed by atoms with van der Waals surface area (Å²) in [6.07, 6.45) is 0.311. The van der Waals surface area contributed by atoms with E-state index in [0.29, 0.717) is 43.8 Å². The summed E-state index contributed by atoms with van der Waals surface area (Å²) in [5.41, 5.74) is 2.57. The van der Waals surface area contributed by atoms with Gasteiger partial charge in [0.2, 0.25) is 11.9 Å². The predicted octanol–water partition coefficient (Wildman–Crippen LogP) is 1.69. The molecule has 1 saturated heterocycles.